The van der Waals surface area contributed by atoms with Gasteiger partial charge in [0.1, 0.15) is 0 Å². The maximum absolute atomic E-state index is 12.1. The lowest BCUT2D eigenvalue weighted by atomic mass is 10.0. The average Bonchev–Trinajstić information content (AvgIpc) is 2.74. The van der Waals surface area contributed by atoms with Crippen LogP contribution in [0.5, 0.6) is 0 Å². The molecule has 3 aromatic rings. The first-order chi connectivity index (χ1) is 13.7. The summed E-state index contributed by atoms with van der Waals surface area (Å²) in [5, 5.41) is 7.43. The van der Waals surface area contributed by atoms with Gasteiger partial charge in [-0.2, -0.15) is 5.10 Å². The molecule has 0 saturated heterocycles. The van der Waals surface area contributed by atoms with E-state index in [9.17, 15) is 4.79 Å². The zero-order chi connectivity index (χ0) is 19.8. The van der Waals surface area contributed by atoms with Gasteiger partial charge in [0.05, 0.1) is 12.3 Å². The van der Waals surface area contributed by atoms with Crippen LogP contribution in [0, 0.1) is 6.92 Å². The molecule has 142 valence electrons. The van der Waals surface area contributed by atoms with Crippen molar-refractivity contribution in [1.29, 1.82) is 0 Å². The van der Waals surface area contributed by atoms with E-state index < -0.39 is 0 Å². The largest absolute Gasteiger partial charge is 0.376 e. The fourth-order valence-corrected chi connectivity index (χ4v) is 2.94. The Balaban J connectivity index is 1.60. The van der Waals surface area contributed by atoms with E-state index in [1.807, 2.05) is 68.4 Å². The molecule has 0 radical (unpaired) electrons. The van der Waals surface area contributed by atoms with Crippen molar-refractivity contribution < 1.29 is 4.79 Å². The Morgan fingerprint density at radius 3 is 2.29 bits per heavy atom. The van der Waals surface area contributed by atoms with Crippen LogP contribution in [0.15, 0.2) is 84.0 Å². The molecule has 0 unspecified atom stereocenters. The van der Waals surface area contributed by atoms with Gasteiger partial charge < -0.3 is 5.32 Å². The summed E-state index contributed by atoms with van der Waals surface area (Å²) in [6, 6.07) is 26.4. The van der Waals surface area contributed by atoms with Crippen molar-refractivity contribution in [3.8, 4) is 11.1 Å². The van der Waals surface area contributed by atoms with Gasteiger partial charge in [-0.15, -0.1) is 0 Å². The second kappa shape index (κ2) is 9.51. The van der Waals surface area contributed by atoms with Crippen LogP contribution in [0.25, 0.3) is 11.1 Å². The van der Waals surface area contributed by atoms with Crippen molar-refractivity contribution in [3.05, 3.63) is 90.0 Å². The summed E-state index contributed by atoms with van der Waals surface area (Å²) in [6.07, 6.45) is 0.732. The Labute approximate surface area is 166 Å². The molecule has 0 aromatic heterocycles. The SMILES string of the molecule is CC/C(=N/NC(=O)CNc1cccc(C)c1)c1ccc(-c2ccccc2)cc1. The van der Waals surface area contributed by atoms with Gasteiger partial charge in [-0.1, -0.05) is 73.7 Å². The second-order valence-electron chi connectivity index (χ2n) is 6.61. The molecule has 2 N–H and O–H groups in total. The Hall–Kier alpha value is -3.40. The van der Waals surface area contributed by atoms with Crippen LogP contribution in [0.1, 0.15) is 24.5 Å². The fraction of sp³-hybridized carbons (Fsp3) is 0.167. The first kappa shape index (κ1) is 19.4. The number of hydrogen-bond donors (Lipinski definition) is 2. The molecule has 0 aliphatic carbocycles. The van der Waals surface area contributed by atoms with Gasteiger partial charge in [0.15, 0.2) is 0 Å². The average molecular weight is 371 g/mol. The molecule has 0 fully saturated rings. The summed E-state index contributed by atoms with van der Waals surface area (Å²) in [5.41, 5.74) is 8.92. The quantitative estimate of drug-likeness (QED) is 0.453. The number of nitrogens with zero attached hydrogens (tertiary/aromatic N) is 1. The number of carbonyl (C=O) groups excluding carboxylic acids is 1. The molecule has 0 atom stereocenters. The number of aryl methyl sites for hydroxylation is 1. The fourth-order valence-electron chi connectivity index (χ4n) is 2.94. The van der Waals surface area contributed by atoms with E-state index in [0.717, 1.165) is 34.5 Å². The summed E-state index contributed by atoms with van der Waals surface area (Å²) in [4.78, 5) is 12.1. The minimum Gasteiger partial charge on any atom is -0.376 e. The predicted molar refractivity (Wildman–Crippen MR) is 117 cm³/mol. The number of carbonyl (C=O) groups is 1. The first-order valence-corrected chi connectivity index (χ1v) is 9.47. The van der Waals surface area contributed by atoms with Crippen LogP contribution >= 0.6 is 0 Å². The third kappa shape index (κ3) is 5.30. The lowest BCUT2D eigenvalue weighted by Gasteiger charge is -2.08. The molecule has 3 rings (SSSR count). The highest BCUT2D eigenvalue weighted by molar-refractivity contribution is 6.01. The Morgan fingerprint density at radius 1 is 0.893 bits per heavy atom. The lowest BCUT2D eigenvalue weighted by molar-refractivity contribution is -0.119. The van der Waals surface area contributed by atoms with Crippen LogP contribution in [0.2, 0.25) is 0 Å². The molecule has 1 amide bonds. The predicted octanol–water partition coefficient (Wildman–Crippen LogP) is 5.00. The highest BCUT2D eigenvalue weighted by atomic mass is 16.2. The van der Waals surface area contributed by atoms with Gasteiger partial charge in [-0.25, -0.2) is 5.43 Å². The van der Waals surface area contributed by atoms with E-state index >= 15 is 0 Å². The molecular formula is C24H25N3O. The molecule has 0 aliphatic heterocycles. The van der Waals surface area contributed by atoms with Gasteiger partial charge in [0, 0.05) is 5.69 Å². The summed E-state index contributed by atoms with van der Waals surface area (Å²) in [7, 11) is 0. The van der Waals surface area contributed by atoms with Crippen LogP contribution in [-0.2, 0) is 4.79 Å². The van der Waals surface area contributed by atoms with Crippen LogP contribution in [0.4, 0.5) is 5.69 Å². The number of anilines is 1. The standard InChI is InChI=1S/C24H25N3O/c1-3-23(21-14-12-20(13-15-21)19-9-5-4-6-10-19)26-27-24(28)17-25-22-11-7-8-18(2)16-22/h4-16,25H,3,17H2,1-2H3,(H,27,28)/b26-23-. The number of nitrogens with one attached hydrogen (secondary N) is 2. The van der Waals surface area contributed by atoms with E-state index in [-0.39, 0.29) is 12.5 Å². The summed E-state index contributed by atoms with van der Waals surface area (Å²) >= 11 is 0. The molecule has 28 heavy (non-hydrogen) atoms. The number of rotatable bonds is 7. The number of hydrazone groups is 1. The van der Waals surface area contributed by atoms with Crippen LogP contribution in [0.3, 0.4) is 0 Å². The van der Waals surface area contributed by atoms with E-state index in [0.29, 0.717) is 0 Å². The van der Waals surface area contributed by atoms with Crippen LogP contribution < -0.4 is 10.7 Å². The van der Waals surface area contributed by atoms with E-state index in [1.54, 1.807) is 0 Å². The molecule has 0 spiro atoms. The molecule has 0 saturated carbocycles. The van der Waals surface area contributed by atoms with Crippen molar-refractivity contribution in [2.24, 2.45) is 5.10 Å². The van der Waals surface area contributed by atoms with Gasteiger partial charge in [0.2, 0.25) is 0 Å². The Kier molecular flexibility index (Phi) is 6.58. The highest BCUT2D eigenvalue weighted by Crippen LogP contribution is 2.19. The third-order valence-corrected chi connectivity index (χ3v) is 4.45. The number of amides is 1. The third-order valence-electron chi connectivity index (χ3n) is 4.45. The monoisotopic (exact) mass is 371 g/mol. The van der Waals surface area contributed by atoms with Gasteiger partial charge in [-0.05, 0) is 47.7 Å². The molecule has 3 aromatic carbocycles. The number of benzene rings is 3. The van der Waals surface area contributed by atoms with Crippen molar-refractivity contribution in [2.75, 3.05) is 11.9 Å². The Morgan fingerprint density at radius 2 is 1.61 bits per heavy atom. The Bertz CT molecular complexity index is 947. The molecule has 0 heterocycles. The topological polar surface area (TPSA) is 53.5 Å². The van der Waals surface area contributed by atoms with E-state index in [4.69, 9.17) is 0 Å². The highest BCUT2D eigenvalue weighted by Gasteiger charge is 2.05. The number of hydrogen-bond acceptors (Lipinski definition) is 3. The smallest absolute Gasteiger partial charge is 0.259 e. The normalized spacial score (nSPS) is 11.1. The van der Waals surface area contributed by atoms with E-state index in [2.05, 4.69) is 40.1 Å². The molecule has 4 nitrogen and oxygen atoms in total. The van der Waals surface area contributed by atoms with Gasteiger partial charge in [-0.3, -0.25) is 4.79 Å². The maximum Gasteiger partial charge on any atom is 0.259 e. The van der Waals surface area contributed by atoms with Gasteiger partial charge in [0.25, 0.3) is 5.91 Å². The maximum atomic E-state index is 12.1. The summed E-state index contributed by atoms with van der Waals surface area (Å²) < 4.78 is 0. The van der Waals surface area contributed by atoms with E-state index in [1.165, 1.54) is 5.56 Å². The lowest BCUT2D eigenvalue weighted by Crippen LogP contribution is -2.27. The van der Waals surface area contributed by atoms with Crippen molar-refractivity contribution in [2.45, 2.75) is 20.3 Å². The minimum atomic E-state index is -0.173. The van der Waals surface area contributed by atoms with Gasteiger partial charge >= 0.3 is 0 Å². The molecule has 0 bridgehead atoms. The van der Waals surface area contributed by atoms with Crippen LogP contribution in [-0.4, -0.2) is 18.2 Å². The molecule has 0 aliphatic rings. The zero-order valence-electron chi connectivity index (χ0n) is 16.3. The van der Waals surface area contributed by atoms with Crippen molar-refractivity contribution in [3.63, 3.8) is 0 Å². The molecular weight excluding hydrogens is 346 g/mol. The summed E-state index contributed by atoms with van der Waals surface area (Å²) in [5.74, 6) is -0.173. The second-order valence-corrected chi connectivity index (χ2v) is 6.61. The zero-order valence-corrected chi connectivity index (χ0v) is 16.3. The minimum absolute atomic E-state index is 0.173. The summed E-state index contributed by atoms with van der Waals surface area (Å²) in [6.45, 7) is 4.23. The molecule has 4 heteroatoms. The van der Waals surface area contributed by atoms with Crippen molar-refractivity contribution >= 4 is 17.3 Å². The first-order valence-electron chi connectivity index (χ1n) is 9.47. The van der Waals surface area contributed by atoms with Crippen molar-refractivity contribution in [1.82, 2.24) is 5.43 Å².